The molecule has 1 aliphatic carbocycles. The number of fused-ring (bicyclic) bond motifs is 1. The van der Waals surface area contributed by atoms with Gasteiger partial charge in [-0.05, 0) is 79.3 Å². The summed E-state index contributed by atoms with van der Waals surface area (Å²) in [7, 11) is 0. The van der Waals surface area contributed by atoms with Crippen molar-refractivity contribution in [1.82, 2.24) is 5.32 Å². The smallest absolute Gasteiger partial charge is 0.478 e. The molecule has 0 saturated heterocycles. The molecule has 4 rings (SSSR count). The minimum absolute atomic E-state index is 0.0659. The van der Waals surface area contributed by atoms with Crippen molar-refractivity contribution in [3.05, 3.63) is 89.2 Å². The number of carbonyl (C=O) groups is 2. The van der Waals surface area contributed by atoms with E-state index in [0.29, 0.717) is 24.1 Å². The second-order valence-corrected chi connectivity index (χ2v) is 8.42. The molecule has 2 aromatic rings. The van der Waals surface area contributed by atoms with Crippen molar-refractivity contribution in [2.75, 3.05) is 0 Å². The molecule has 1 saturated carbocycles. The Labute approximate surface area is 195 Å². The summed E-state index contributed by atoms with van der Waals surface area (Å²) < 4.78 is 35.5. The van der Waals surface area contributed by atoms with Gasteiger partial charge < -0.3 is 19.9 Å². The van der Waals surface area contributed by atoms with E-state index in [9.17, 15) is 23.5 Å². The van der Waals surface area contributed by atoms with E-state index in [1.54, 1.807) is 30.4 Å². The number of halogens is 2. The van der Waals surface area contributed by atoms with Crippen LogP contribution in [-0.4, -0.2) is 23.3 Å². The first-order valence-corrected chi connectivity index (χ1v) is 10.6. The molecule has 8 heteroatoms. The van der Waals surface area contributed by atoms with E-state index in [4.69, 9.17) is 0 Å². The van der Waals surface area contributed by atoms with E-state index in [1.165, 1.54) is 18.2 Å². The molecule has 1 heterocycles. The topological polar surface area (TPSA) is 84.9 Å². The van der Waals surface area contributed by atoms with Crippen molar-refractivity contribution in [2.24, 2.45) is 0 Å². The van der Waals surface area contributed by atoms with Gasteiger partial charge in [-0.15, -0.1) is 8.78 Å². The van der Waals surface area contributed by atoms with Crippen molar-refractivity contribution in [1.29, 1.82) is 0 Å². The average Bonchev–Trinajstić information content (AvgIpc) is 3.54. The molecule has 6 nitrogen and oxygen atoms in total. The lowest BCUT2D eigenvalue weighted by Crippen LogP contribution is -2.33. The minimum Gasteiger partial charge on any atom is -0.478 e. The zero-order chi connectivity index (χ0) is 24.7. The second kappa shape index (κ2) is 8.44. The normalized spacial score (nSPS) is 17.8. The zero-order valence-electron chi connectivity index (χ0n) is 18.7. The van der Waals surface area contributed by atoms with Crippen LogP contribution in [0.5, 0.6) is 11.5 Å². The summed E-state index contributed by atoms with van der Waals surface area (Å²) in [5, 5.41) is 12.0. The molecule has 1 aliphatic heterocycles. The standard InChI is InChI=1S/C26H23F2NO5/c1-15(17(3)18-5-4-6-19(13-18)23(30)31)7-8-16(2)29-24(32)25(11-12-25)20-9-10-21-22(14-20)34-26(27,28)33-21/h4-10,13-14H,2,11-12H2,1,3H3,(H,29,32)(H,30,31)/b8-7-,17-15+. The Kier molecular flexibility index (Phi) is 5.77. The van der Waals surface area contributed by atoms with Crippen LogP contribution in [0, 0.1) is 0 Å². The summed E-state index contributed by atoms with van der Waals surface area (Å²) in [5.74, 6) is -1.43. The lowest BCUT2D eigenvalue weighted by molar-refractivity contribution is -0.286. The first-order valence-electron chi connectivity index (χ1n) is 10.6. The highest BCUT2D eigenvalue weighted by Crippen LogP contribution is 2.52. The molecule has 0 radical (unpaired) electrons. The van der Waals surface area contributed by atoms with Crippen LogP contribution in [0.3, 0.4) is 0 Å². The third-order valence-corrected chi connectivity index (χ3v) is 6.08. The Morgan fingerprint density at radius 2 is 1.71 bits per heavy atom. The van der Waals surface area contributed by atoms with Gasteiger partial charge in [-0.25, -0.2) is 4.79 Å². The van der Waals surface area contributed by atoms with Crippen LogP contribution < -0.4 is 14.8 Å². The van der Waals surface area contributed by atoms with E-state index >= 15 is 0 Å². The van der Waals surface area contributed by atoms with Crippen LogP contribution in [-0.2, 0) is 10.2 Å². The predicted octanol–water partition coefficient (Wildman–Crippen LogP) is 5.42. The van der Waals surface area contributed by atoms with Gasteiger partial charge in [-0.3, -0.25) is 4.79 Å². The van der Waals surface area contributed by atoms with Gasteiger partial charge in [0.05, 0.1) is 11.0 Å². The fourth-order valence-corrected chi connectivity index (χ4v) is 3.79. The number of hydrogen-bond donors (Lipinski definition) is 2. The third kappa shape index (κ3) is 4.57. The van der Waals surface area contributed by atoms with E-state index in [0.717, 1.165) is 16.7 Å². The fraction of sp³-hybridized carbons (Fsp3) is 0.231. The van der Waals surface area contributed by atoms with Crippen molar-refractivity contribution in [3.63, 3.8) is 0 Å². The van der Waals surface area contributed by atoms with Gasteiger partial charge in [0, 0.05) is 5.70 Å². The fourth-order valence-electron chi connectivity index (χ4n) is 3.79. The number of nitrogens with one attached hydrogen (secondary N) is 1. The van der Waals surface area contributed by atoms with Crippen LogP contribution in [0.25, 0.3) is 5.57 Å². The zero-order valence-corrected chi connectivity index (χ0v) is 18.7. The molecule has 0 spiro atoms. The largest absolute Gasteiger partial charge is 0.586 e. The molecule has 0 bridgehead atoms. The summed E-state index contributed by atoms with van der Waals surface area (Å²) in [6, 6.07) is 11.0. The molecule has 1 amide bonds. The number of amides is 1. The molecule has 0 unspecified atom stereocenters. The number of alkyl halides is 2. The Hall–Kier alpha value is -3.94. The van der Waals surface area contributed by atoms with Gasteiger partial charge in [0.25, 0.3) is 0 Å². The SMILES string of the molecule is C=C(/C=C\C(C)=C(/C)c1cccc(C(=O)O)c1)NC(=O)C1(c2ccc3c(c2)OC(F)(F)O3)CC1. The number of carboxylic acid groups (broad SMARTS) is 1. The van der Waals surface area contributed by atoms with Gasteiger partial charge >= 0.3 is 12.3 Å². The van der Waals surface area contributed by atoms with Crippen LogP contribution in [0.4, 0.5) is 8.78 Å². The summed E-state index contributed by atoms with van der Waals surface area (Å²) in [6.45, 7) is 7.64. The van der Waals surface area contributed by atoms with Crippen LogP contribution >= 0.6 is 0 Å². The summed E-state index contributed by atoms with van der Waals surface area (Å²) in [4.78, 5) is 24.2. The molecule has 2 aromatic carbocycles. The predicted molar refractivity (Wildman–Crippen MR) is 122 cm³/mol. The molecule has 1 fully saturated rings. The van der Waals surface area contributed by atoms with Gasteiger partial charge in [-0.1, -0.05) is 30.9 Å². The summed E-state index contributed by atoms with van der Waals surface area (Å²) in [5.41, 5.74) is 2.85. The highest BCUT2D eigenvalue weighted by atomic mass is 19.3. The van der Waals surface area contributed by atoms with Crippen LogP contribution in [0.2, 0.25) is 0 Å². The number of benzene rings is 2. The lowest BCUT2D eigenvalue weighted by Gasteiger charge is -2.16. The molecule has 0 aromatic heterocycles. The van der Waals surface area contributed by atoms with E-state index in [1.807, 2.05) is 19.9 Å². The van der Waals surface area contributed by atoms with Crippen molar-refractivity contribution in [3.8, 4) is 11.5 Å². The van der Waals surface area contributed by atoms with Gasteiger partial charge in [-0.2, -0.15) is 0 Å². The van der Waals surface area contributed by atoms with Crippen LogP contribution in [0.15, 0.2) is 72.5 Å². The van der Waals surface area contributed by atoms with E-state index < -0.39 is 17.7 Å². The van der Waals surface area contributed by atoms with Gasteiger partial charge in [0.1, 0.15) is 0 Å². The molecule has 2 N–H and O–H groups in total. The molecular weight excluding hydrogens is 444 g/mol. The minimum atomic E-state index is -3.71. The maximum atomic E-state index is 13.3. The number of rotatable bonds is 7. The number of aromatic carboxylic acids is 1. The lowest BCUT2D eigenvalue weighted by atomic mass is 9.94. The Morgan fingerprint density at radius 1 is 1.03 bits per heavy atom. The number of carbonyl (C=O) groups excluding carboxylic acids is 1. The first kappa shape index (κ1) is 23.2. The summed E-state index contributed by atoms with van der Waals surface area (Å²) >= 11 is 0. The second-order valence-electron chi connectivity index (χ2n) is 8.42. The van der Waals surface area contributed by atoms with Gasteiger partial charge in [0.2, 0.25) is 5.91 Å². The molecule has 0 atom stereocenters. The van der Waals surface area contributed by atoms with Crippen LogP contribution in [0.1, 0.15) is 48.2 Å². The average molecular weight is 467 g/mol. The molecule has 34 heavy (non-hydrogen) atoms. The van der Waals surface area contributed by atoms with Crippen molar-refractivity contribution < 1.29 is 33.0 Å². The number of allylic oxidation sites excluding steroid dienone is 4. The number of hydrogen-bond acceptors (Lipinski definition) is 4. The summed E-state index contributed by atoms with van der Waals surface area (Å²) in [6.07, 6.45) is 0.882. The van der Waals surface area contributed by atoms with Crippen molar-refractivity contribution >= 4 is 17.4 Å². The Balaban J connectivity index is 1.44. The maximum absolute atomic E-state index is 13.3. The highest BCUT2D eigenvalue weighted by molar-refractivity contribution is 5.93. The molecule has 2 aliphatic rings. The first-order chi connectivity index (χ1) is 16.0. The Bertz CT molecular complexity index is 1260. The highest BCUT2D eigenvalue weighted by Gasteiger charge is 2.52. The van der Waals surface area contributed by atoms with E-state index in [2.05, 4.69) is 21.4 Å². The maximum Gasteiger partial charge on any atom is 0.586 e. The van der Waals surface area contributed by atoms with E-state index in [-0.39, 0.29) is 23.0 Å². The number of ether oxygens (including phenoxy) is 2. The molecular formula is C26H23F2NO5. The monoisotopic (exact) mass is 467 g/mol. The molecule has 176 valence electrons. The van der Waals surface area contributed by atoms with Gasteiger partial charge in [0.15, 0.2) is 11.5 Å². The van der Waals surface area contributed by atoms with Crippen molar-refractivity contribution in [2.45, 2.75) is 38.4 Å². The number of carboxylic acids is 1. The third-order valence-electron chi connectivity index (χ3n) is 6.08. The Morgan fingerprint density at radius 3 is 2.38 bits per heavy atom. The quantitative estimate of drug-likeness (QED) is 0.532.